The van der Waals surface area contributed by atoms with Gasteiger partial charge in [-0.1, -0.05) is 0 Å². The van der Waals surface area contributed by atoms with Crippen molar-refractivity contribution in [3.8, 4) is 0 Å². The van der Waals surface area contributed by atoms with Crippen LogP contribution in [-0.2, 0) is 24.2 Å². The zero-order chi connectivity index (χ0) is 22.0. The molecule has 0 aliphatic rings. The van der Waals surface area contributed by atoms with Gasteiger partial charge in [-0.25, -0.2) is 13.2 Å². The van der Waals surface area contributed by atoms with E-state index in [1.54, 1.807) is 45.2 Å². The summed E-state index contributed by atoms with van der Waals surface area (Å²) in [6.07, 6.45) is 0. The number of halogens is 3. The van der Waals surface area contributed by atoms with E-state index in [2.05, 4.69) is 5.32 Å². The van der Waals surface area contributed by atoms with Gasteiger partial charge in [0.25, 0.3) is 0 Å². The predicted octanol–water partition coefficient (Wildman–Crippen LogP) is 1.62. The number of aliphatic carboxylic acids is 1. The number of sulfone groups is 1. The number of nitrogens with zero attached hydrogens (tertiary/aromatic N) is 1. The monoisotopic (exact) mass is 750 g/mol. The van der Waals surface area contributed by atoms with Gasteiger partial charge < -0.3 is 20.4 Å². The largest absolute Gasteiger partial charge is 0.480 e. The molecule has 1 aromatic carbocycles. The third-order valence-corrected chi connectivity index (χ3v) is 7.84. The molecule has 0 saturated heterocycles. The highest BCUT2D eigenvalue weighted by Gasteiger charge is 2.29. The third kappa shape index (κ3) is 6.12. The van der Waals surface area contributed by atoms with E-state index >= 15 is 0 Å². The SMILES string of the molecule is CC(=O)N(C)c1c(I)c(NC(=O)CS(=O)(=O)CC(=O)O)c(I)c(C(=O)O)c1I. The van der Waals surface area contributed by atoms with Crippen molar-refractivity contribution in [3.05, 3.63) is 16.3 Å². The molecule has 154 valence electrons. The number of hydrogen-bond acceptors (Lipinski definition) is 6. The average molecular weight is 750 g/mol. The summed E-state index contributed by atoms with van der Waals surface area (Å²) in [7, 11) is -2.77. The fourth-order valence-electron chi connectivity index (χ4n) is 2.01. The Hall–Kier alpha value is -0.760. The first kappa shape index (κ1) is 25.3. The molecular formula is C14H13I3N2O8S. The summed E-state index contributed by atoms with van der Waals surface area (Å²) in [6, 6.07) is 0. The van der Waals surface area contributed by atoms with Gasteiger partial charge in [-0.2, -0.15) is 0 Å². The molecule has 28 heavy (non-hydrogen) atoms. The first-order valence-corrected chi connectivity index (χ1v) is 12.2. The molecule has 0 bridgehead atoms. The summed E-state index contributed by atoms with van der Waals surface area (Å²) in [5, 5.41) is 20.5. The number of anilines is 2. The van der Waals surface area contributed by atoms with Crippen molar-refractivity contribution < 1.29 is 37.8 Å². The number of amides is 2. The van der Waals surface area contributed by atoms with E-state index in [1.165, 1.54) is 18.9 Å². The van der Waals surface area contributed by atoms with Gasteiger partial charge in [0.1, 0.15) is 11.5 Å². The summed E-state index contributed by atoms with van der Waals surface area (Å²) < 4.78 is 24.2. The standard InChI is InChI=1S/C14H13I3N2O8S/c1-5(20)19(2)13-10(16)8(14(24)25)9(15)12(11(13)17)18-6(21)3-28(26,27)4-7(22)23/h3-4H2,1-2H3,(H,18,21)(H,22,23)(H,24,25). The number of carboxylic acids is 2. The highest BCUT2D eigenvalue weighted by Crippen LogP contribution is 2.40. The minimum absolute atomic E-state index is 0.0256. The molecule has 3 N–H and O–H groups in total. The van der Waals surface area contributed by atoms with Crippen LogP contribution in [0.2, 0.25) is 0 Å². The zero-order valence-corrected chi connectivity index (χ0v) is 21.5. The number of benzene rings is 1. The number of carbonyl (C=O) groups is 4. The van der Waals surface area contributed by atoms with Crippen molar-refractivity contribution in [2.75, 3.05) is 28.8 Å². The van der Waals surface area contributed by atoms with Gasteiger partial charge in [-0.05, 0) is 67.8 Å². The summed E-state index contributed by atoms with van der Waals surface area (Å²) in [4.78, 5) is 47.5. The number of aromatic carboxylic acids is 1. The van der Waals surface area contributed by atoms with Crippen molar-refractivity contribution >= 4 is 113 Å². The first-order chi connectivity index (χ1) is 12.7. The van der Waals surface area contributed by atoms with Gasteiger partial charge in [-0.3, -0.25) is 14.4 Å². The van der Waals surface area contributed by atoms with Crippen LogP contribution >= 0.6 is 67.8 Å². The molecule has 10 nitrogen and oxygen atoms in total. The smallest absolute Gasteiger partial charge is 0.338 e. The first-order valence-electron chi connectivity index (χ1n) is 7.09. The number of carboxylic acid groups (broad SMARTS) is 2. The third-order valence-electron chi connectivity index (χ3n) is 3.27. The average Bonchev–Trinajstić information content (AvgIpc) is 2.48. The number of hydrogen-bond donors (Lipinski definition) is 3. The Morgan fingerprint density at radius 3 is 1.96 bits per heavy atom. The van der Waals surface area contributed by atoms with E-state index in [0.29, 0.717) is 3.57 Å². The summed E-state index contributed by atoms with van der Waals surface area (Å²) >= 11 is 5.30. The van der Waals surface area contributed by atoms with Gasteiger partial charge in [0.2, 0.25) is 11.8 Å². The second-order valence-electron chi connectivity index (χ2n) is 5.40. The summed E-state index contributed by atoms with van der Waals surface area (Å²) in [5.41, 5.74) is 0.112. The van der Waals surface area contributed by atoms with Crippen molar-refractivity contribution in [1.82, 2.24) is 0 Å². The predicted molar refractivity (Wildman–Crippen MR) is 126 cm³/mol. The maximum atomic E-state index is 12.2. The molecule has 0 radical (unpaired) electrons. The molecule has 0 aliphatic carbocycles. The highest BCUT2D eigenvalue weighted by atomic mass is 127. The molecule has 0 atom stereocenters. The Balaban J connectivity index is 3.50. The summed E-state index contributed by atoms with van der Waals surface area (Å²) in [5.74, 6) is -6.58. The molecule has 0 aromatic heterocycles. The lowest BCUT2D eigenvalue weighted by molar-refractivity contribution is -0.134. The van der Waals surface area contributed by atoms with Crippen LogP contribution in [0.3, 0.4) is 0 Å². The van der Waals surface area contributed by atoms with Crippen LogP contribution in [0, 0.1) is 10.7 Å². The molecule has 0 spiro atoms. The number of nitrogens with one attached hydrogen (secondary N) is 1. The van der Waals surface area contributed by atoms with Crippen molar-refractivity contribution in [2.24, 2.45) is 0 Å². The minimum atomic E-state index is -4.20. The van der Waals surface area contributed by atoms with Crippen LogP contribution in [0.15, 0.2) is 0 Å². The topological polar surface area (TPSA) is 158 Å². The van der Waals surface area contributed by atoms with Gasteiger partial charge >= 0.3 is 11.9 Å². The number of rotatable bonds is 7. The number of carbonyl (C=O) groups excluding carboxylic acids is 2. The molecule has 0 aliphatic heterocycles. The Morgan fingerprint density at radius 1 is 1.00 bits per heavy atom. The molecule has 0 fully saturated rings. The van der Waals surface area contributed by atoms with Crippen molar-refractivity contribution in [3.63, 3.8) is 0 Å². The Morgan fingerprint density at radius 2 is 1.54 bits per heavy atom. The van der Waals surface area contributed by atoms with Crippen molar-refractivity contribution in [2.45, 2.75) is 6.92 Å². The van der Waals surface area contributed by atoms with E-state index in [4.69, 9.17) is 5.11 Å². The molecule has 14 heteroatoms. The van der Waals surface area contributed by atoms with E-state index in [9.17, 15) is 32.7 Å². The lowest BCUT2D eigenvalue weighted by atomic mass is 10.1. The second kappa shape index (κ2) is 9.83. The lowest BCUT2D eigenvalue weighted by Crippen LogP contribution is -2.30. The fraction of sp³-hybridized carbons (Fsp3) is 0.286. The molecule has 0 unspecified atom stereocenters. The van der Waals surface area contributed by atoms with E-state index in [0.717, 1.165) is 0 Å². The highest BCUT2D eigenvalue weighted by molar-refractivity contribution is 14.1. The maximum Gasteiger partial charge on any atom is 0.338 e. The molecule has 0 saturated carbocycles. The normalized spacial score (nSPS) is 11.0. The quantitative estimate of drug-likeness (QED) is 0.355. The molecule has 2 amide bonds. The van der Waals surface area contributed by atoms with Crippen molar-refractivity contribution in [1.29, 1.82) is 0 Å². The van der Waals surface area contributed by atoms with Crippen LogP contribution in [0.5, 0.6) is 0 Å². The summed E-state index contributed by atoms with van der Waals surface area (Å²) in [6.45, 7) is 1.28. The van der Waals surface area contributed by atoms with Gasteiger partial charge in [0.05, 0.1) is 27.6 Å². The fourth-order valence-corrected chi connectivity index (χ4v) is 7.59. The van der Waals surface area contributed by atoms with Gasteiger partial charge in [0, 0.05) is 14.0 Å². The van der Waals surface area contributed by atoms with Gasteiger partial charge in [0.15, 0.2) is 9.84 Å². The molecular weight excluding hydrogens is 737 g/mol. The molecule has 1 aromatic rings. The second-order valence-corrected chi connectivity index (χ2v) is 10.7. The maximum absolute atomic E-state index is 12.2. The van der Waals surface area contributed by atoms with E-state index < -0.39 is 39.2 Å². The minimum Gasteiger partial charge on any atom is -0.480 e. The zero-order valence-electron chi connectivity index (χ0n) is 14.2. The Bertz CT molecular complexity index is 978. The van der Waals surface area contributed by atoms with E-state index in [1.807, 2.05) is 22.6 Å². The van der Waals surface area contributed by atoms with Crippen LogP contribution < -0.4 is 10.2 Å². The van der Waals surface area contributed by atoms with Crippen LogP contribution in [0.4, 0.5) is 11.4 Å². The Labute approximate surface area is 200 Å². The Kier molecular flexibility index (Phi) is 8.87. The van der Waals surface area contributed by atoms with Crippen LogP contribution in [0.25, 0.3) is 0 Å². The van der Waals surface area contributed by atoms with Crippen LogP contribution in [0.1, 0.15) is 17.3 Å². The van der Waals surface area contributed by atoms with E-state index in [-0.39, 0.29) is 30.0 Å². The lowest BCUT2D eigenvalue weighted by Gasteiger charge is -2.23. The molecule has 0 heterocycles. The van der Waals surface area contributed by atoms with Crippen LogP contribution in [-0.4, -0.2) is 60.9 Å². The van der Waals surface area contributed by atoms with Gasteiger partial charge in [-0.15, -0.1) is 0 Å². The molecule has 1 rings (SSSR count).